The van der Waals surface area contributed by atoms with Crippen molar-refractivity contribution in [1.29, 1.82) is 0 Å². The van der Waals surface area contributed by atoms with Crippen LogP contribution in [0.2, 0.25) is 0 Å². The smallest absolute Gasteiger partial charge is 0.277 e. The average molecular weight is 434 g/mol. The van der Waals surface area contributed by atoms with Crippen molar-refractivity contribution >= 4 is 11.8 Å². The molecule has 0 aliphatic carbocycles. The van der Waals surface area contributed by atoms with Gasteiger partial charge in [0.1, 0.15) is 23.9 Å². The summed E-state index contributed by atoms with van der Waals surface area (Å²) in [6.07, 6.45) is 2.72. The molecule has 0 spiro atoms. The number of nitrogens with zero attached hydrogens (tertiary/aromatic N) is 2. The van der Waals surface area contributed by atoms with Crippen LogP contribution in [0.5, 0.6) is 5.75 Å². The molecular formula is C20H20F2N4O5. The highest BCUT2D eigenvalue weighted by Crippen LogP contribution is 2.21. The van der Waals surface area contributed by atoms with Gasteiger partial charge in [0.2, 0.25) is 5.43 Å². The maximum atomic E-state index is 13.7. The molecule has 1 atom stereocenters. The van der Waals surface area contributed by atoms with Crippen molar-refractivity contribution in [1.82, 2.24) is 14.9 Å². The van der Waals surface area contributed by atoms with Gasteiger partial charge in [-0.2, -0.15) is 0 Å². The van der Waals surface area contributed by atoms with Crippen LogP contribution in [-0.4, -0.2) is 52.4 Å². The van der Waals surface area contributed by atoms with Gasteiger partial charge in [0, 0.05) is 37.5 Å². The summed E-state index contributed by atoms with van der Waals surface area (Å²) in [7, 11) is 0. The lowest BCUT2D eigenvalue weighted by Gasteiger charge is -2.32. The SMILES string of the molecule is O=C(NCc1ccc(F)cc1F)c1cn2c(c(O)c1=O)C(=O)N(C[C@H]1CCCO1)CN2. The lowest BCUT2D eigenvalue weighted by Crippen LogP contribution is -2.49. The van der Waals surface area contributed by atoms with Crippen molar-refractivity contribution in [2.45, 2.75) is 25.5 Å². The van der Waals surface area contributed by atoms with Gasteiger partial charge in [-0.1, -0.05) is 6.07 Å². The topological polar surface area (TPSA) is 113 Å². The second-order valence-electron chi connectivity index (χ2n) is 7.34. The van der Waals surface area contributed by atoms with E-state index >= 15 is 0 Å². The summed E-state index contributed by atoms with van der Waals surface area (Å²) in [6, 6.07) is 2.89. The molecule has 2 aliphatic rings. The molecular weight excluding hydrogens is 414 g/mol. The Morgan fingerprint density at radius 2 is 2.13 bits per heavy atom. The lowest BCUT2D eigenvalue weighted by atomic mass is 10.1. The third-order valence-electron chi connectivity index (χ3n) is 5.25. The summed E-state index contributed by atoms with van der Waals surface area (Å²) < 4.78 is 33.4. The Hall–Kier alpha value is -3.47. The number of rotatable bonds is 5. The number of aromatic hydroxyl groups is 1. The highest BCUT2D eigenvalue weighted by molar-refractivity contribution is 5.99. The van der Waals surface area contributed by atoms with Crippen molar-refractivity contribution in [2.75, 3.05) is 25.2 Å². The summed E-state index contributed by atoms with van der Waals surface area (Å²) in [6.45, 7) is 0.733. The minimum atomic E-state index is -1.03. The fraction of sp³-hybridized carbons (Fsp3) is 0.350. The van der Waals surface area contributed by atoms with Gasteiger partial charge in [0.05, 0.1) is 6.10 Å². The molecule has 164 valence electrons. The van der Waals surface area contributed by atoms with Gasteiger partial charge in [-0.3, -0.25) is 19.1 Å². The summed E-state index contributed by atoms with van der Waals surface area (Å²) in [5, 5.41) is 12.7. The Balaban J connectivity index is 1.53. The van der Waals surface area contributed by atoms with Crippen molar-refractivity contribution in [3.8, 4) is 5.75 Å². The van der Waals surface area contributed by atoms with E-state index in [4.69, 9.17) is 4.74 Å². The predicted octanol–water partition coefficient (Wildman–Crippen LogP) is 0.898. The zero-order valence-electron chi connectivity index (χ0n) is 16.4. The lowest BCUT2D eigenvalue weighted by molar-refractivity contribution is 0.0498. The van der Waals surface area contributed by atoms with Crippen LogP contribution in [-0.2, 0) is 11.3 Å². The second kappa shape index (κ2) is 8.34. The van der Waals surface area contributed by atoms with Gasteiger partial charge >= 0.3 is 0 Å². The van der Waals surface area contributed by atoms with E-state index in [2.05, 4.69) is 10.7 Å². The number of hydrogen-bond acceptors (Lipinski definition) is 6. The van der Waals surface area contributed by atoms with Gasteiger partial charge in [-0.25, -0.2) is 8.78 Å². The number of carbonyl (C=O) groups excluding carboxylic acids is 2. The van der Waals surface area contributed by atoms with Crippen molar-refractivity contribution in [3.63, 3.8) is 0 Å². The van der Waals surface area contributed by atoms with Gasteiger partial charge in [0.15, 0.2) is 11.4 Å². The first-order valence-corrected chi connectivity index (χ1v) is 9.70. The maximum absolute atomic E-state index is 13.7. The van der Waals surface area contributed by atoms with Crippen LogP contribution in [0.25, 0.3) is 0 Å². The van der Waals surface area contributed by atoms with E-state index in [-0.39, 0.29) is 30.6 Å². The highest BCUT2D eigenvalue weighted by atomic mass is 19.1. The summed E-state index contributed by atoms with van der Waals surface area (Å²) in [5.41, 5.74) is 1.13. The van der Waals surface area contributed by atoms with E-state index in [0.717, 1.165) is 29.8 Å². The Kier molecular flexibility index (Phi) is 5.59. The molecule has 31 heavy (non-hydrogen) atoms. The molecule has 2 aliphatic heterocycles. The number of amides is 2. The molecule has 3 heterocycles. The number of benzene rings is 1. The molecule has 2 aromatic rings. The predicted molar refractivity (Wildman–Crippen MR) is 104 cm³/mol. The Morgan fingerprint density at radius 3 is 2.84 bits per heavy atom. The normalized spacial score (nSPS) is 17.9. The summed E-state index contributed by atoms with van der Waals surface area (Å²) >= 11 is 0. The van der Waals surface area contributed by atoms with Crippen LogP contribution < -0.4 is 16.2 Å². The molecule has 1 aromatic heterocycles. The molecule has 0 unspecified atom stereocenters. The molecule has 1 fully saturated rings. The van der Waals surface area contributed by atoms with Crippen LogP contribution in [0.3, 0.4) is 0 Å². The van der Waals surface area contributed by atoms with E-state index in [1.165, 1.54) is 11.0 Å². The van der Waals surface area contributed by atoms with E-state index in [1.807, 2.05) is 0 Å². The summed E-state index contributed by atoms with van der Waals surface area (Å²) in [5.74, 6) is -3.91. The van der Waals surface area contributed by atoms with Crippen LogP contribution in [0.4, 0.5) is 8.78 Å². The molecule has 1 aromatic carbocycles. The number of halogens is 2. The molecule has 0 bridgehead atoms. The number of fused-ring (bicyclic) bond motifs is 1. The standard InChI is InChI=1S/C20H20F2N4O5/c21-12-4-3-11(15(22)6-12)7-23-19(29)14-9-26-16(18(28)17(14)27)20(30)25(10-24-26)8-13-2-1-5-31-13/h3-4,6,9,13,24,28H,1-2,5,7-8,10H2,(H,23,29)/t13-/m1/s1. The van der Waals surface area contributed by atoms with Crippen molar-refractivity contribution in [3.05, 3.63) is 63.1 Å². The van der Waals surface area contributed by atoms with E-state index in [1.54, 1.807) is 0 Å². The number of carbonyl (C=O) groups is 2. The first-order valence-electron chi connectivity index (χ1n) is 9.70. The monoisotopic (exact) mass is 434 g/mol. The van der Waals surface area contributed by atoms with Gasteiger partial charge in [-0.15, -0.1) is 0 Å². The minimum absolute atomic E-state index is 0.0233. The van der Waals surface area contributed by atoms with Gasteiger partial charge < -0.3 is 25.5 Å². The Labute approximate surface area is 175 Å². The van der Waals surface area contributed by atoms with Crippen LogP contribution >= 0.6 is 0 Å². The van der Waals surface area contributed by atoms with Crippen LogP contribution in [0.15, 0.2) is 29.2 Å². The Morgan fingerprint density at radius 1 is 1.32 bits per heavy atom. The molecule has 0 saturated carbocycles. The number of pyridine rings is 1. The zero-order chi connectivity index (χ0) is 22.1. The Bertz CT molecular complexity index is 1100. The van der Waals surface area contributed by atoms with E-state index in [0.29, 0.717) is 19.2 Å². The third kappa shape index (κ3) is 4.08. The van der Waals surface area contributed by atoms with Crippen molar-refractivity contribution in [2.24, 2.45) is 0 Å². The van der Waals surface area contributed by atoms with Gasteiger partial charge in [-0.05, 0) is 18.9 Å². The number of ether oxygens (including phenoxy) is 1. The number of hydrogen-bond donors (Lipinski definition) is 3. The molecule has 4 rings (SSSR count). The molecule has 0 radical (unpaired) electrons. The number of nitrogens with one attached hydrogen (secondary N) is 2. The van der Waals surface area contributed by atoms with E-state index in [9.17, 15) is 28.3 Å². The molecule has 3 N–H and O–H groups in total. The summed E-state index contributed by atoms with van der Waals surface area (Å²) in [4.78, 5) is 39.2. The van der Waals surface area contributed by atoms with Crippen molar-refractivity contribution < 1.29 is 28.2 Å². The first-order chi connectivity index (χ1) is 14.8. The quantitative estimate of drug-likeness (QED) is 0.645. The van der Waals surface area contributed by atoms with Crippen LogP contribution in [0.1, 0.15) is 39.3 Å². The molecule has 11 heteroatoms. The van der Waals surface area contributed by atoms with Gasteiger partial charge in [0.25, 0.3) is 11.8 Å². The fourth-order valence-corrected chi connectivity index (χ4v) is 3.59. The first kappa shape index (κ1) is 20.8. The van der Waals surface area contributed by atoms with Crippen LogP contribution in [0, 0.1) is 11.6 Å². The average Bonchev–Trinajstić information content (AvgIpc) is 3.25. The number of aromatic nitrogens is 1. The molecule has 1 saturated heterocycles. The highest BCUT2D eigenvalue weighted by Gasteiger charge is 2.32. The molecule has 2 amide bonds. The maximum Gasteiger partial charge on any atom is 0.277 e. The third-order valence-corrected chi connectivity index (χ3v) is 5.25. The zero-order valence-corrected chi connectivity index (χ0v) is 16.4. The fourth-order valence-electron chi connectivity index (χ4n) is 3.59. The molecule has 9 nitrogen and oxygen atoms in total. The minimum Gasteiger partial charge on any atom is -0.502 e. The van der Waals surface area contributed by atoms with E-state index < -0.39 is 40.2 Å². The largest absolute Gasteiger partial charge is 0.502 e. The second-order valence-corrected chi connectivity index (χ2v) is 7.34.